The van der Waals surface area contributed by atoms with Crippen LogP contribution >= 0.6 is 11.6 Å². The monoisotopic (exact) mass is 269 g/mol. The Bertz CT molecular complexity index is 632. The molecule has 0 saturated heterocycles. The third-order valence-electron chi connectivity index (χ3n) is 2.42. The van der Waals surface area contributed by atoms with Crippen LogP contribution in [-0.2, 0) is 11.4 Å². The summed E-state index contributed by atoms with van der Waals surface area (Å²) >= 11 is 5.83. The number of halogens is 1. The average molecular weight is 270 g/mol. The Labute approximate surface area is 116 Å². The van der Waals surface area contributed by atoms with Crippen LogP contribution in [0.3, 0.4) is 0 Å². The minimum Gasteiger partial charge on any atom is -0.390 e. The molecule has 93 valence electrons. The smallest absolute Gasteiger partial charge is 0.143 e. The normalized spacial score (nSPS) is 10.3. The van der Waals surface area contributed by atoms with Crippen molar-refractivity contribution in [1.82, 2.24) is 0 Å². The molecule has 0 fully saturated rings. The van der Waals surface area contributed by atoms with Crippen LogP contribution in [0.25, 0.3) is 0 Å². The molecular formula is C15H10ClN2O. The van der Waals surface area contributed by atoms with Crippen molar-refractivity contribution >= 4 is 17.8 Å². The summed E-state index contributed by atoms with van der Waals surface area (Å²) in [4.78, 5) is 5.13. The molecule has 0 aromatic heterocycles. The Hall–Kier alpha value is -2.31. The van der Waals surface area contributed by atoms with E-state index in [1.54, 1.807) is 18.2 Å². The molecule has 0 bridgehead atoms. The van der Waals surface area contributed by atoms with Gasteiger partial charge in [-0.15, -0.1) is 0 Å². The Morgan fingerprint density at radius 2 is 2.00 bits per heavy atom. The van der Waals surface area contributed by atoms with Gasteiger partial charge in [0.15, 0.2) is 0 Å². The van der Waals surface area contributed by atoms with Crippen molar-refractivity contribution in [1.29, 1.82) is 5.26 Å². The van der Waals surface area contributed by atoms with Gasteiger partial charge in [-0.05, 0) is 18.2 Å². The highest BCUT2D eigenvalue weighted by Gasteiger charge is 2.00. The molecule has 0 atom stereocenters. The zero-order valence-electron chi connectivity index (χ0n) is 10.0. The molecule has 1 radical (unpaired) electrons. The first-order valence-corrected chi connectivity index (χ1v) is 5.99. The fourth-order valence-electron chi connectivity index (χ4n) is 1.50. The van der Waals surface area contributed by atoms with Gasteiger partial charge in [0.2, 0.25) is 0 Å². The van der Waals surface area contributed by atoms with Gasteiger partial charge in [-0.25, -0.2) is 0 Å². The Kier molecular flexibility index (Phi) is 4.54. The standard InChI is InChI=1S/C15H10ClN2O/c16-15-7-3-4-12(8-15)10-18-19-11-14-6-2-1-5-13(14)9-17/h1-8H,11H2. The first-order chi connectivity index (χ1) is 9.29. The van der Waals surface area contributed by atoms with Gasteiger partial charge in [-0.1, -0.05) is 47.1 Å². The van der Waals surface area contributed by atoms with Crippen molar-refractivity contribution in [2.75, 3.05) is 0 Å². The summed E-state index contributed by atoms with van der Waals surface area (Å²) in [5.74, 6) is 0. The lowest BCUT2D eigenvalue weighted by atomic mass is 10.1. The first kappa shape index (κ1) is 13.1. The van der Waals surface area contributed by atoms with E-state index in [1.165, 1.54) is 0 Å². The van der Waals surface area contributed by atoms with E-state index in [-0.39, 0.29) is 6.61 Å². The van der Waals surface area contributed by atoms with Crippen molar-refractivity contribution in [2.45, 2.75) is 6.61 Å². The van der Waals surface area contributed by atoms with E-state index < -0.39 is 0 Å². The maximum Gasteiger partial charge on any atom is 0.143 e. The maximum absolute atomic E-state index is 8.92. The van der Waals surface area contributed by atoms with Crippen molar-refractivity contribution in [3.63, 3.8) is 0 Å². The zero-order chi connectivity index (χ0) is 13.5. The highest BCUT2D eigenvalue weighted by atomic mass is 35.5. The third kappa shape index (κ3) is 3.84. The van der Waals surface area contributed by atoms with E-state index >= 15 is 0 Å². The summed E-state index contributed by atoms with van der Waals surface area (Å²) in [6.45, 7) is 0.233. The second-order valence-corrected chi connectivity index (χ2v) is 4.19. The van der Waals surface area contributed by atoms with Crippen molar-refractivity contribution in [3.05, 3.63) is 70.2 Å². The van der Waals surface area contributed by atoms with Crippen LogP contribution in [-0.4, -0.2) is 6.21 Å². The third-order valence-corrected chi connectivity index (χ3v) is 2.66. The van der Waals surface area contributed by atoms with Crippen molar-refractivity contribution in [3.8, 4) is 6.07 Å². The number of rotatable bonds is 4. The highest BCUT2D eigenvalue weighted by molar-refractivity contribution is 6.30. The summed E-state index contributed by atoms with van der Waals surface area (Å²) in [6.07, 6.45) is 2.73. The lowest BCUT2D eigenvalue weighted by molar-refractivity contribution is 0.132. The Morgan fingerprint density at radius 3 is 2.79 bits per heavy atom. The van der Waals surface area contributed by atoms with Crippen LogP contribution < -0.4 is 0 Å². The summed E-state index contributed by atoms with van der Waals surface area (Å²) in [5.41, 5.74) is 2.11. The van der Waals surface area contributed by atoms with Crippen LogP contribution in [0.15, 0.2) is 53.7 Å². The SMILES string of the molecule is N#Cc1ccccc1CO/N=[C]\c1cccc(Cl)c1. The second kappa shape index (κ2) is 6.58. The van der Waals surface area contributed by atoms with E-state index in [0.717, 1.165) is 11.1 Å². The molecule has 0 saturated carbocycles. The Balaban J connectivity index is 1.95. The maximum atomic E-state index is 8.92. The summed E-state index contributed by atoms with van der Waals surface area (Å²) < 4.78 is 0. The van der Waals surface area contributed by atoms with Gasteiger partial charge in [-0.3, -0.25) is 0 Å². The van der Waals surface area contributed by atoms with E-state index in [2.05, 4.69) is 17.4 Å². The van der Waals surface area contributed by atoms with Gasteiger partial charge in [0, 0.05) is 16.1 Å². The molecule has 2 rings (SSSR count). The number of hydrogen-bond donors (Lipinski definition) is 0. The molecule has 0 amide bonds. The number of nitrogens with zero attached hydrogens (tertiary/aromatic N) is 2. The van der Waals surface area contributed by atoms with Crippen LogP contribution in [0.4, 0.5) is 0 Å². The van der Waals surface area contributed by atoms with Crippen LogP contribution in [0.1, 0.15) is 16.7 Å². The largest absolute Gasteiger partial charge is 0.390 e. The number of hydrogen-bond acceptors (Lipinski definition) is 3. The molecule has 2 aromatic rings. The van der Waals surface area contributed by atoms with Gasteiger partial charge in [0.25, 0.3) is 0 Å². The van der Waals surface area contributed by atoms with Crippen molar-refractivity contribution in [2.24, 2.45) is 5.16 Å². The molecule has 0 aliphatic rings. The second-order valence-electron chi connectivity index (χ2n) is 3.76. The molecule has 0 aliphatic heterocycles. The number of nitriles is 1. The van der Waals surface area contributed by atoms with Crippen LogP contribution in [0.2, 0.25) is 5.02 Å². The van der Waals surface area contributed by atoms with E-state index in [1.807, 2.05) is 30.3 Å². The topological polar surface area (TPSA) is 45.4 Å². The van der Waals surface area contributed by atoms with Crippen LogP contribution in [0.5, 0.6) is 0 Å². The quantitative estimate of drug-likeness (QED) is 0.628. The molecule has 0 aliphatic carbocycles. The van der Waals surface area contributed by atoms with Gasteiger partial charge >= 0.3 is 0 Å². The molecule has 19 heavy (non-hydrogen) atoms. The fraction of sp³-hybridized carbons (Fsp3) is 0.0667. The van der Waals surface area contributed by atoms with Crippen LogP contribution in [0, 0.1) is 11.3 Å². The predicted octanol–water partition coefficient (Wildman–Crippen LogP) is 3.64. The van der Waals surface area contributed by atoms with Gasteiger partial charge in [-0.2, -0.15) is 5.26 Å². The van der Waals surface area contributed by atoms with Gasteiger partial charge in [0.1, 0.15) is 12.8 Å². The molecule has 2 aromatic carbocycles. The van der Waals surface area contributed by atoms with E-state index in [4.69, 9.17) is 21.7 Å². The summed E-state index contributed by atoms with van der Waals surface area (Å²) in [7, 11) is 0. The average Bonchev–Trinajstić information content (AvgIpc) is 2.44. The first-order valence-electron chi connectivity index (χ1n) is 5.61. The summed E-state index contributed by atoms with van der Waals surface area (Å²) in [6, 6.07) is 16.5. The molecule has 0 unspecified atom stereocenters. The van der Waals surface area contributed by atoms with Gasteiger partial charge < -0.3 is 4.84 Å². The molecule has 0 spiro atoms. The number of benzene rings is 2. The Morgan fingerprint density at radius 1 is 1.16 bits per heavy atom. The van der Waals surface area contributed by atoms with Gasteiger partial charge in [0.05, 0.1) is 11.6 Å². The predicted molar refractivity (Wildman–Crippen MR) is 73.9 cm³/mol. The zero-order valence-corrected chi connectivity index (χ0v) is 10.8. The molecule has 4 heteroatoms. The highest BCUT2D eigenvalue weighted by Crippen LogP contribution is 2.10. The molecule has 3 nitrogen and oxygen atoms in total. The molecule has 0 heterocycles. The minimum atomic E-state index is 0.233. The lowest BCUT2D eigenvalue weighted by Gasteiger charge is -2.01. The molecular weight excluding hydrogens is 260 g/mol. The molecule has 0 N–H and O–H groups in total. The van der Waals surface area contributed by atoms with E-state index in [9.17, 15) is 0 Å². The summed E-state index contributed by atoms with van der Waals surface area (Å²) in [5, 5.41) is 13.3. The van der Waals surface area contributed by atoms with Crippen molar-refractivity contribution < 1.29 is 4.84 Å². The minimum absolute atomic E-state index is 0.233. The fourth-order valence-corrected chi connectivity index (χ4v) is 1.69. The lowest BCUT2D eigenvalue weighted by Crippen LogP contribution is -1.92. The van der Waals surface area contributed by atoms with E-state index in [0.29, 0.717) is 10.6 Å².